The lowest BCUT2D eigenvalue weighted by Gasteiger charge is -2.25. The van der Waals surface area contributed by atoms with Crippen LogP contribution in [-0.2, 0) is 6.54 Å². The fourth-order valence-electron chi connectivity index (χ4n) is 1.31. The number of aliphatic hydroxyl groups excluding tert-OH is 1. The molecule has 0 saturated heterocycles. The molecule has 0 aromatic carbocycles. The van der Waals surface area contributed by atoms with E-state index in [-0.39, 0.29) is 18.0 Å². The molecule has 3 N–H and O–H groups in total. The summed E-state index contributed by atoms with van der Waals surface area (Å²) in [6.07, 6.45) is -0.576. The van der Waals surface area contributed by atoms with Gasteiger partial charge >= 0.3 is 6.03 Å². The molecule has 2 amide bonds. The Kier molecular flexibility index (Phi) is 5.76. The Bertz CT molecular complexity index is 440. The zero-order chi connectivity index (χ0) is 15.3. The van der Waals surface area contributed by atoms with Crippen LogP contribution in [0, 0.1) is 5.41 Å². The summed E-state index contributed by atoms with van der Waals surface area (Å²) in [5, 5.41) is 18.0. The van der Waals surface area contributed by atoms with Gasteiger partial charge in [0.05, 0.1) is 18.3 Å². The fourth-order valence-corrected chi connectivity index (χ4v) is 2.07. The molecule has 0 saturated carbocycles. The normalized spacial score (nSPS) is 12.9. The zero-order valence-electron chi connectivity index (χ0n) is 12.7. The standard InChI is InChI=1S/C13H24N4O2S/c1-13(2,3)10(18)7-15-11(19)14-6-9-8-20-12(16-9)17(4)5/h8,10,18H,6-7H2,1-5H3,(H2,14,15,19). The molecule has 1 heterocycles. The number of nitrogens with zero attached hydrogens (tertiary/aromatic N) is 2. The molecule has 1 aromatic rings. The Hall–Kier alpha value is -1.34. The summed E-state index contributed by atoms with van der Waals surface area (Å²) in [7, 11) is 3.85. The molecule has 1 aromatic heterocycles. The van der Waals surface area contributed by atoms with Crippen LogP contribution in [0.3, 0.4) is 0 Å². The molecular formula is C13H24N4O2S. The Morgan fingerprint density at radius 1 is 1.45 bits per heavy atom. The van der Waals surface area contributed by atoms with Crippen LogP contribution in [0.2, 0.25) is 0 Å². The summed E-state index contributed by atoms with van der Waals surface area (Å²) < 4.78 is 0. The first-order chi connectivity index (χ1) is 9.20. The molecule has 0 aliphatic carbocycles. The van der Waals surface area contributed by atoms with Crippen LogP contribution in [0.15, 0.2) is 5.38 Å². The summed E-state index contributed by atoms with van der Waals surface area (Å²) in [4.78, 5) is 17.9. The third-order valence-corrected chi connectivity index (χ3v) is 3.87. The summed E-state index contributed by atoms with van der Waals surface area (Å²) in [5.74, 6) is 0. The molecule has 0 radical (unpaired) electrons. The van der Waals surface area contributed by atoms with E-state index in [2.05, 4.69) is 15.6 Å². The van der Waals surface area contributed by atoms with E-state index in [1.54, 1.807) is 0 Å². The second kappa shape index (κ2) is 6.90. The maximum atomic E-state index is 11.6. The first-order valence-electron chi connectivity index (χ1n) is 6.51. The van der Waals surface area contributed by atoms with Gasteiger partial charge in [-0.05, 0) is 5.41 Å². The van der Waals surface area contributed by atoms with Crippen LogP contribution < -0.4 is 15.5 Å². The average molecular weight is 300 g/mol. The van der Waals surface area contributed by atoms with Gasteiger partial charge in [-0.1, -0.05) is 20.8 Å². The number of amides is 2. The predicted octanol–water partition coefficient (Wildman–Crippen LogP) is 1.42. The van der Waals surface area contributed by atoms with Crippen LogP contribution in [0.25, 0.3) is 0 Å². The number of urea groups is 1. The summed E-state index contributed by atoms with van der Waals surface area (Å²) >= 11 is 1.53. The number of rotatable bonds is 5. The van der Waals surface area contributed by atoms with Gasteiger partial charge in [0.2, 0.25) is 0 Å². The number of hydrogen-bond acceptors (Lipinski definition) is 5. The third kappa shape index (κ3) is 5.34. The number of hydrogen-bond donors (Lipinski definition) is 3. The van der Waals surface area contributed by atoms with E-state index in [0.29, 0.717) is 6.54 Å². The van der Waals surface area contributed by atoms with E-state index in [9.17, 15) is 9.90 Å². The molecule has 0 aliphatic heterocycles. The monoisotopic (exact) mass is 300 g/mol. The highest BCUT2D eigenvalue weighted by Crippen LogP contribution is 2.18. The molecule has 1 unspecified atom stereocenters. The van der Waals surface area contributed by atoms with Gasteiger partial charge in [-0.15, -0.1) is 11.3 Å². The van der Waals surface area contributed by atoms with Crippen molar-refractivity contribution in [1.82, 2.24) is 15.6 Å². The van der Waals surface area contributed by atoms with Gasteiger partial charge in [-0.3, -0.25) is 0 Å². The van der Waals surface area contributed by atoms with Gasteiger partial charge in [0, 0.05) is 26.0 Å². The highest BCUT2D eigenvalue weighted by atomic mass is 32.1. The average Bonchev–Trinajstić information content (AvgIpc) is 2.81. The molecule has 114 valence electrons. The zero-order valence-corrected chi connectivity index (χ0v) is 13.5. The SMILES string of the molecule is CN(C)c1nc(CNC(=O)NCC(O)C(C)(C)C)cs1. The number of thiazole rings is 1. The number of carbonyl (C=O) groups excluding carboxylic acids is 1. The van der Waals surface area contributed by atoms with Crippen molar-refractivity contribution in [3.05, 3.63) is 11.1 Å². The lowest BCUT2D eigenvalue weighted by molar-refractivity contribution is 0.0650. The molecule has 0 aliphatic rings. The van der Waals surface area contributed by atoms with Crippen molar-refractivity contribution in [3.8, 4) is 0 Å². The second-order valence-electron chi connectivity index (χ2n) is 5.96. The minimum atomic E-state index is -0.576. The molecule has 0 spiro atoms. The highest BCUT2D eigenvalue weighted by Gasteiger charge is 2.22. The maximum absolute atomic E-state index is 11.6. The number of nitrogens with one attached hydrogen (secondary N) is 2. The van der Waals surface area contributed by atoms with E-state index in [0.717, 1.165) is 10.8 Å². The number of aliphatic hydroxyl groups is 1. The fraction of sp³-hybridized carbons (Fsp3) is 0.692. The second-order valence-corrected chi connectivity index (χ2v) is 6.80. The van der Waals surface area contributed by atoms with E-state index in [4.69, 9.17) is 0 Å². The number of anilines is 1. The van der Waals surface area contributed by atoms with E-state index >= 15 is 0 Å². The van der Waals surface area contributed by atoms with Gasteiger partial charge < -0.3 is 20.6 Å². The lowest BCUT2D eigenvalue weighted by Crippen LogP contribution is -2.43. The van der Waals surface area contributed by atoms with Gasteiger partial charge in [-0.2, -0.15) is 0 Å². The van der Waals surface area contributed by atoms with Crippen LogP contribution >= 0.6 is 11.3 Å². The van der Waals surface area contributed by atoms with Gasteiger partial charge in [0.25, 0.3) is 0 Å². The summed E-state index contributed by atoms with van der Waals surface area (Å²) in [6, 6.07) is -0.298. The van der Waals surface area contributed by atoms with E-state index in [1.165, 1.54) is 11.3 Å². The molecule has 20 heavy (non-hydrogen) atoms. The molecule has 1 atom stereocenters. The topological polar surface area (TPSA) is 77.5 Å². The van der Waals surface area contributed by atoms with Crippen LogP contribution in [0.4, 0.5) is 9.93 Å². The van der Waals surface area contributed by atoms with Crippen molar-refractivity contribution >= 4 is 22.5 Å². The van der Waals surface area contributed by atoms with Crippen LogP contribution in [-0.4, -0.2) is 42.9 Å². The van der Waals surface area contributed by atoms with Crippen molar-refractivity contribution in [1.29, 1.82) is 0 Å². The van der Waals surface area contributed by atoms with Gasteiger partial charge in [0.1, 0.15) is 0 Å². The minimum Gasteiger partial charge on any atom is -0.391 e. The Balaban J connectivity index is 2.32. The third-order valence-electron chi connectivity index (χ3n) is 2.81. The van der Waals surface area contributed by atoms with Crippen molar-refractivity contribution in [2.45, 2.75) is 33.4 Å². The Morgan fingerprint density at radius 2 is 2.10 bits per heavy atom. The number of carbonyl (C=O) groups is 1. The van der Waals surface area contributed by atoms with Gasteiger partial charge in [-0.25, -0.2) is 9.78 Å². The molecule has 6 nitrogen and oxygen atoms in total. The minimum absolute atomic E-state index is 0.231. The van der Waals surface area contributed by atoms with E-state index < -0.39 is 6.10 Å². The first kappa shape index (κ1) is 16.7. The largest absolute Gasteiger partial charge is 0.391 e. The van der Waals surface area contributed by atoms with Crippen molar-refractivity contribution in [3.63, 3.8) is 0 Å². The Labute approximate surface area is 124 Å². The molecule has 0 bridgehead atoms. The molecule has 1 rings (SSSR count). The first-order valence-corrected chi connectivity index (χ1v) is 7.39. The maximum Gasteiger partial charge on any atom is 0.315 e. The number of aromatic nitrogens is 1. The van der Waals surface area contributed by atoms with Crippen molar-refractivity contribution in [2.24, 2.45) is 5.41 Å². The lowest BCUT2D eigenvalue weighted by atomic mass is 9.89. The predicted molar refractivity (Wildman–Crippen MR) is 82.1 cm³/mol. The molecular weight excluding hydrogens is 276 g/mol. The Morgan fingerprint density at radius 3 is 2.60 bits per heavy atom. The van der Waals surface area contributed by atoms with Crippen molar-refractivity contribution < 1.29 is 9.90 Å². The van der Waals surface area contributed by atoms with Crippen molar-refractivity contribution in [2.75, 3.05) is 25.5 Å². The van der Waals surface area contributed by atoms with Crippen LogP contribution in [0.5, 0.6) is 0 Å². The quantitative estimate of drug-likeness (QED) is 0.768. The van der Waals surface area contributed by atoms with Crippen LogP contribution in [0.1, 0.15) is 26.5 Å². The summed E-state index contributed by atoms with van der Waals surface area (Å²) in [6.45, 7) is 6.39. The molecule has 7 heteroatoms. The highest BCUT2D eigenvalue weighted by molar-refractivity contribution is 7.13. The molecule has 0 fully saturated rings. The smallest absolute Gasteiger partial charge is 0.315 e. The van der Waals surface area contributed by atoms with E-state index in [1.807, 2.05) is 45.1 Å². The van der Waals surface area contributed by atoms with Gasteiger partial charge in [0.15, 0.2) is 5.13 Å². The summed E-state index contributed by atoms with van der Waals surface area (Å²) in [5.41, 5.74) is 0.577.